The lowest BCUT2D eigenvalue weighted by Crippen LogP contribution is -2.27. The molecule has 15 heavy (non-hydrogen) atoms. The quantitative estimate of drug-likeness (QED) is 0.551. The van der Waals surface area contributed by atoms with Gasteiger partial charge in [0.05, 0.1) is 12.5 Å². The maximum absolute atomic E-state index is 11.2. The van der Waals surface area contributed by atoms with Crippen molar-refractivity contribution in [1.82, 2.24) is 5.32 Å². The highest BCUT2D eigenvalue weighted by molar-refractivity contribution is 5.81. The average molecular weight is 212 g/mol. The lowest BCUT2D eigenvalue weighted by molar-refractivity contribution is -0.155. The molecule has 0 atom stereocenters. The lowest BCUT2D eigenvalue weighted by Gasteiger charge is -2.19. The normalized spacial score (nSPS) is 10.3. The first-order valence-corrected chi connectivity index (χ1v) is 4.70. The number of ether oxygens (including phenoxy) is 1. The molecule has 0 rings (SSSR count). The standard InChI is InChI=1S/C10H16N2O3/c1-10(2,3)15-9(14)5-4-8(13)12-7-6-11/h4-5,7H2,1-3H3,(H,12,13). The number of carbonyl (C=O) groups excluding carboxylic acids is 2. The molecule has 1 N–H and O–H groups in total. The fraction of sp³-hybridized carbons (Fsp3) is 0.700. The molecule has 0 unspecified atom stereocenters. The molecule has 0 aliphatic heterocycles. The number of nitrogens with one attached hydrogen (secondary N) is 1. The number of carbonyl (C=O) groups is 2. The molecular weight excluding hydrogens is 196 g/mol. The molecule has 0 fully saturated rings. The van der Waals surface area contributed by atoms with E-state index in [0.29, 0.717) is 0 Å². The second-order valence-corrected chi connectivity index (χ2v) is 4.02. The first-order valence-electron chi connectivity index (χ1n) is 4.70. The molecule has 5 nitrogen and oxygen atoms in total. The fourth-order valence-electron chi connectivity index (χ4n) is 0.835. The van der Waals surface area contributed by atoms with Crippen LogP contribution in [0.25, 0.3) is 0 Å². The van der Waals surface area contributed by atoms with E-state index < -0.39 is 11.6 Å². The second kappa shape index (κ2) is 6.02. The SMILES string of the molecule is CC(C)(C)OC(=O)CCC(=O)NCC#N. The third-order valence-corrected chi connectivity index (χ3v) is 1.34. The number of nitrogens with zero attached hydrogens (tertiary/aromatic N) is 1. The molecule has 1 amide bonds. The molecule has 0 heterocycles. The summed E-state index contributed by atoms with van der Waals surface area (Å²) in [5.41, 5.74) is -0.528. The van der Waals surface area contributed by atoms with Crippen LogP contribution in [-0.2, 0) is 14.3 Å². The van der Waals surface area contributed by atoms with Gasteiger partial charge in [0.15, 0.2) is 0 Å². The minimum atomic E-state index is -0.528. The van der Waals surface area contributed by atoms with E-state index in [-0.39, 0.29) is 25.3 Å². The van der Waals surface area contributed by atoms with Crippen molar-refractivity contribution in [3.8, 4) is 6.07 Å². The van der Waals surface area contributed by atoms with Crippen molar-refractivity contribution in [1.29, 1.82) is 5.26 Å². The summed E-state index contributed by atoms with van der Waals surface area (Å²) in [5, 5.41) is 10.5. The van der Waals surface area contributed by atoms with E-state index in [9.17, 15) is 9.59 Å². The van der Waals surface area contributed by atoms with Gasteiger partial charge in [-0.25, -0.2) is 0 Å². The summed E-state index contributed by atoms with van der Waals surface area (Å²) in [4.78, 5) is 22.2. The first kappa shape index (κ1) is 13.4. The van der Waals surface area contributed by atoms with Crippen molar-refractivity contribution < 1.29 is 14.3 Å². The zero-order valence-electron chi connectivity index (χ0n) is 9.29. The molecule has 0 radical (unpaired) electrons. The topological polar surface area (TPSA) is 79.2 Å². The van der Waals surface area contributed by atoms with Crippen LogP contribution in [-0.4, -0.2) is 24.0 Å². The summed E-state index contributed by atoms with van der Waals surface area (Å²) < 4.78 is 5.01. The highest BCUT2D eigenvalue weighted by atomic mass is 16.6. The van der Waals surface area contributed by atoms with Gasteiger partial charge >= 0.3 is 5.97 Å². The van der Waals surface area contributed by atoms with E-state index in [0.717, 1.165) is 0 Å². The molecule has 5 heteroatoms. The van der Waals surface area contributed by atoms with Gasteiger partial charge in [0, 0.05) is 6.42 Å². The fourth-order valence-corrected chi connectivity index (χ4v) is 0.835. The zero-order valence-corrected chi connectivity index (χ0v) is 9.29. The lowest BCUT2D eigenvalue weighted by atomic mass is 10.2. The molecule has 84 valence electrons. The Hall–Kier alpha value is -1.57. The number of esters is 1. The maximum atomic E-state index is 11.2. The molecule has 0 saturated heterocycles. The van der Waals surface area contributed by atoms with Gasteiger partial charge in [-0.1, -0.05) is 0 Å². The molecule has 0 aromatic rings. The van der Waals surface area contributed by atoms with Crippen molar-refractivity contribution in [2.45, 2.75) is 39.2 Å². The maximum Gasteiger partial charge on any atom is 0.306 e. The van der Waals surface area contributed by atoms with Gasteiger partial charge in [-0.3, -0.25) is 9.59 Å². The minimum Gasteiger partial charge on any atom is -0.460 e. The van der Waals surface area contributed by atoms with Crippen LogP contribution in [0, 0.1) is 11.3 Å². The summed E-state index contributed by atoms with van der Waals surface area (Å²) in [7, 11) is 0. The van der Waals surface area contributed by atoms with E-state index in [4.69, 9.17) is 10.00 Å². The smallest absolute Gasteiger partial charge is 0.306 e. The second-order valence-electron chi connectivity index (χ2n) is 4.02. The molecule has 0 saturated carbocycles. The van der Waals surface area contributed by atoms with Gasteiger partial charge in [0.2, 0.25) is 5.91 Å². The zero-order chi connectivity index (χ0) is 11.9. The van der Waals surface area contributed by atoms with Crippen molar-refractivity contribution in [3.05, 3.63) is 0 Å². The van der Waals surface area contributed by atoms with E-state index in [2.05, 4.69) is 5.32 Å². The molecular formula is C10H16N2O3. The van der Waals surface area contributed by atoms with E-state index in [1.165, 1.54) is 0 Å². The van der Waals surface area contributed by atoms with Crippen molar-refractivity contribution in [2.24, 2.45) is 0 Å². The number of nitriles is 1. The van der Waals surface area contributed by atoms with Crippen molar-refractivity contribution >= 4 is 11.9 Å². The average Bonchev–Trinajstić information content (AvgIpc) is 2.08. The van der Waals surface area contributed by atoms with Gasteiger partial charge in [-0.05, 0) is 20.8 Å². The molecule has 0 aliphatic carbocycles. The molecule has 0 aromatic heterocycles. The molecule has 0 spiro atoms. The Kier molecular flexibility index (Phi) is 5.39. The number of hydrogen-bond donors (Lipinski definition) is 1. The summed E-state index contributed by atoms with van der Waals surface area (Å²) in [6.45, 7) is 5.26. The highest BCUT2D eigenvalue weighted by Crippen LogP contribution is 2.08. The number of hydrogen-bond acceptors (Lipinski definition) is 4. The number of rotatable bonds is 4. The Balaban J connectivity index is 3.73. The Morgan fingerprint density at radius 3 is 2.40 bits per heavy atom. The summed E-state index contributed by atoms with van der Waals surface area (Å²) in [6.07, 6.45) is 0.0884. The van der Waals surface area contributed by atoms with Gasteiger partial charge in [0.25, 0.3) is 0 Å². The van der Waals surface area contributed by atoms with Crippen LogP contribution in [0.4, 0.5) is 0 Å². The predicted molar refractivity (Wildman–Crippen MR) is 53.7 cm³/mol. The third kappa shape index (κ3) is 8.75. The van der Waals surface area contributed by atoms with Gasteiger partial charge in [-0.2, -0.15) is 5.26 Å². The van der Waals surface area contributed by atoms with Crippen LogP contribution >= 0.6 is 0 Å². The van der Waals surface area contributed by atoms with Crippen LogP contribution < -0.4 is 5.32 Å². The Labute approximate surface area is 89.4 Å². The van der Waals surface area contributed by atoms with Crippen molar-refractivity contribution in [2.75, 3.05) is 6.54 Å². The van der Waals surface area contributed by atoms with Crippen molar-refractivity contribution in [3.63, 3.8) is 0 Å². The molecule has 0 bridgehead atoms. The van der Waals surface area contributed by atoms with E-state index >= 15 is 0 Å². The first-order chi connectivity index (χ1) is 6.85. The van der Waals surface area contributed by atoms with Gasteiger partial charge in [-0.15, -0.1) is 0 Å². The van der Waals surface area contributed by atoms with Crippen LogP contribution in [0.5, 0.6) is 0 Å². The summed E-state index contributed by atoms with van der Waals surface area (Å²) in [6, 6.07) is 1.78. The minimum absolute atomic E-state index is 0.0346. The van der Waals surface area contributed by atoms with E-state index in [1.807, 2.05) is 0 Å². The number of amides is 1. The van der Waals surface area contributed by atoms with Gasteiger partial charge in [0.1, 0.15) is 12.1 Å². The van der Waals surface area contributed by atoms with Crippen LogP contribution in [0.1, 0.15) is 33.6 Å². The Morgan fingerprint density at radius 1 is 1.33 bits per heavy atom. The third-order valence-electron chi connectivity index (χ3n) is 1.34. The Bertz CT molecular complexity index is 273. The monoisotopic (exact) mass is 212 g/mol. The van der Waals surface area contributed by atoms with Crippen LogP contribution in [0.15, 0.2) is 0 Å². The largest absolute Gasteiger partial charge is 0.460 e. The summed E-state index contributed by atoms with van der Waals surface area (Å²) >= 11 is 0. The van der Waals surface area contributed by atoms with Crippen LogP contribution in [0.3, 0.4) is 0 Å². The Morgan fingerprint density at radius 2 is 1.93 bits per heavy atom. The summed E-state index contributed by atoms with van der Waals surface area (Å²) in [5.74, 6) is -0.725. The predicted octanol–water partition coefficient (Wildman–Crippen LogP) is 0.748. The van der Waals surface area contributed by atoms with Gasteiger partial charge < -0.3 is 10.1 Å². The van der Waals surface area contributed by atoms with E-state index in [1.54, 1.807) is 26.8 Å². The molecule has 0 aromatic carbocycles. The van der Waals surface area contributed by atoms with Crippen LogP contribution in [0.2, 0.25) is 0 Å². The highest BCUT2D eigenvalue weighted by Gasteiger charge is 2.16. The molecule has 0 aliphatic rings.